The third-order valence-electron chi connectivity index (χ3n) is 4.85. The van der Waals surface area contributed by atoms with E-state index in [-0.39, 0.29) is 11.9 Å². The third kappa shape index (κ3) is 4.25. The van der Waals surface area contributed by atoms with Crippen LogP contribution in [0, 0.1) is 6.92 Å². The quantitative estimate of drug-likeness (QED) is 0.824. The number of rotatable bonds is 7. The molecule has 0 aliphatic carbocycles. The molecule has 1 aromatic heterocycles. The topological polar surface area (TPSA) is 67.6 Å². The number of amides is 1. The molecule has 0 spiro atoms. The zero-order chi connectivity index (χ0) is 18.7. The van der Waals surface area contributed by atoms with Crippen molar-refractivity contribution in [1.29, 1.82) is 0 Å². The smallest absolute Gasteiger partial charge is 0.226 e. The molecular formula is C20H27N3O3. The van der Waals surface area contributed by atoms with Crippen LogP contribution in [0.1, 0.15) is 38.1 Å². The Kier molecular flexibility index (Phi) is 5.61. The Morgan fingerprint density at radius 2 is 2.08 bits per heavy atom. The minimum absolute atomic E-state index is 0.151. The molecule has 2 aromatic rings. The number of carbonyl (C=O) groups excluding carboxylic acids is 1. The first-order chi connectivity index (χ1) is 12.5. The van der Waals surface area contributed by atoms with Crippen molar-refractivity contribution in [3.8, 4) is 17.2 Å². The molecule has 1 N–H and O–H groups in total. The number of hydrogen-bond acceptors (Lipinski definition) is 5. The highest BCUT2D eigenvalue weighted by Crippen LogP contribution is 2.25. The molecular weight excluding hydrogens is 330 g/mol. The molecule has 26 heavy (non-hydrogen) atoms. The Labute approximate surface area is 154 Å². The molecule has 6 nitrogen and oxygen atoms in total. The van der Waals surface area contributed by atoms with Gasteiger partial charge in [-0.05, 0) is 51.5 Å². The van der Waals surface area contributed by atoms with Crippen molar-refractivity contribution in [3.63, 3.8) is 0 Å². The molecule has 0 bridgehead atoms. The number of hydrogen-bond donors (Lipinski definition) is 1. The normalized spacial score (nSPS) is 17.2. The second-order valence-corrected chi connectivity index (χ2v) is 7.08. The fourth-order valence-electron chi connectivity index (χ4n) is 3.18. The minimum atomic E-state index is 0.151. The lowest BCUT2D eigenvalue weighted by Gasteiger charge is -2.28. The first-order valence-corrected chi connectivity index (χ1v) is 9.10. The number of nitrogens with zero attached hydrogens (tertiary/aromatic N) is 2. The van der Waals surface area contributed by atoms with Gasteiger partial charge in [0.15, 0.2) is 0 Å². The predicted molar refractivity (Wildman–Crippen MR) is 99.9 cm³/mol. The van der Waals surface area contributed by atoms with Crippen LogP contribution in [-0.2, 0) is 11.3 Å². The summed E-state index contributed by atoms with van der Waals surface area (Å²) in [6.07, 6.45) is 1.53. The molecule has 1 atom stereocenters. The van der Waals surface area contributed by atoms with Crippen LogP contribution in [0.2, 0.25) is 0 Å². The standard InChI is InChI=1S/C20H27N3O3/c1-13(2)23(11-16-7-10-19(24)21-16)12-18-14(3)26-20(22-18)15-5-8-17(25-4)9-6-15/h5-6,8-9,13,16H,7,10-12H2,1-4H3,(H,21,24). The molecule has 0 radical (unpaired) electrons. The summed E-state index contributed by atoms with van der Waals surface area (Å²) < 4.78 is 11.1. The van der Waals surface area contributed by atoms with Crippen molar-refractivity contribution in [2.45, 2.75) is 52.2 Å². The number of ether oxygens (including phenoxy) is 1. The van der Waals surface area contributed by atoms with Gasteiger partial charge in [0.2, 0.25) is 11.8 Å². The molecule has 1 aliphatic rings. The summed E-state index contributed by atoms with van der Waals surface area (Å²) >= 11 is 0. The van der Waals surface area contributed by atoms with E-state index in [0.29, 0.717) is 24.9 Å². The van der Waals surface area contributed by atoms with Gasteiger partial charge in [0, 0.05) is 37.2 Å². The van der Waals surface area contributed by atoms with Gasteiger partial charge in [0.25, 0.3) is 0 Å². The number of oxazole rings is 1. The molecule has 1 aromatic carbocycles. The van der Waals surface area contributed by atoms with E-state index in [4.69, 9.17) is 14.1 Å². The van der Waals surface area contributed by atoms with Crippen LogP contribution < -0.4 is 10.1 Å². The van der Waals surface area contributed by atoms with Gasteiger partial charge in [-0.1, -0.05) is 0 Å². The Balaban J connectivity index is 1.73. The first-order valence-electron chi connectivity index (χ1n) is 9.10. The summed E-state index contributed by atoms with van der Waals surface area (Å²) in [4.78, 5) is 18.5. The van der Waals surface area contributed by atoms with E-state index in [1.54, 1.807) is 7.11 Å². The van der Waals surface area contributed by atoms with E-state index in [0.717, 1.165) is 35.7 Å². The predicted octanol–water partition coefficient (Wildman–Crippen LogP) is 3.15. The van der Waals surface area contributed by atoms with Gasteiger partial charge < -0.3 is 14.5 Å². The number of methoxy groups -OCH3 is 1. The van der Waals surface area contributed by atoms with E-state index in [2.05, 4.69) is 24.1 Å². The maximum Gasteiger partial charge on any atom is 0.226 e. The lowest BCUT2D eigenvalue weighted by molar-refractivity contribution is -0.119. The third-order valence-corrected chi connectivity index (χ3v) is 4.85. The van der Waals surface area contributed by atoms with Crippen LogP contribution in [0.4, 0.5) is 0 Å². The van der Waals surface area contributed by atoms with E-state index >= 15 is 0 Å². The summed E-state index contributed by atoms with van der Waals surface area (Å²) in [5.74, 6) is 2.41. The van der Waals surface area contributed by atoms with Crippen LogP contribution in [0.5, 0.6) is 5.75 Å². The van der Waals surface area contributed by atoms with Crippen LogP contribution in [0.3, 0.4) is 0 Å². The minimum Gasteiger partial charge on any atom is -0.497 e. The van der Waals surface area contributed by atoms with Gasteiger partial charge in [0.1, 0.15) is 11.5 Å². The van der Waals surface area contributed by atoms with E-state index in [9.17, 15) is 4.79 Å². The first kappa shape index (κ1) is 18.5. The summed E-state index contributed by atoms with van der Waals surface area (Å²) in [7, 11) is 1.65. The molecule has 1 saturated heterocycles. The largest absolute Gasteiger partial charge is 0.497 e. The molecule has 2 heterocycles. The number of aromatic nitrogens is 1. The van der Waals surface area contributed by atoms with Gasteiger partial charge in [-0.2, -0.15) is 0 Å². The van der Waals surface area contributed by atoms with Gasteiger partial charge >= 0.3 is 0 Å². The zero-order valence-electron chi connectivity index (χ0n) is 15.9. The Morgan fingerprint density at radius 3 is 2.65 bits per heavy atom. The molecule has 3 rings (SSSR count). The summed E-state index contributed by atoms with van der Waals surface area (Å²) in [6, 6.07) is 8.27. The van der Waals surface area contributed by atoms with Gasteiger partial charge in [-0.15, -0.1) is 0 Å². The summed E-state index contributed by atoms with van der Waals surface area (Å²) in [5, 5.41) is 3.05. The molecule has 1 fully saturated rings. The summed E-state index contributed by atoms with van der Waals surface area (Å²) in [5.41, 5.74) is 1.87. The molecule has 140 valence electrons. The van der Waals surface area contributed by atoms with Crippen molar-refractivity contribution < 1.29 is 13.9 Å². The molecule has 1 unspecified atom stereocenters. The van der Waals surface area contributed by atoms with E-state index in [1.807, 2.05) is 31.2 Å². The number of carbonyl (C=O) groups is 1. The van der Waals surface area contributed by atoms with Crippen molar-refractivity contribution >= 4 is 5.91 Å². The van der Waals surface area contributed by atoms with Gasteiger partial charge in [0.05, 0.1) is 12.8 Å². The average molecular weight is 357 g/mol. The number of nitrogens with one attached hydrogen (secondary N) is 1. The maximum atomic E-state index is 11.5. The molecule has 1 aliphatic heterocycles. The summed E-state index contributed by atoms with van der Waals surface area (Å²) in [6.45, 7) is 7.81. The second-order valence-electron chi connectivity index (χ2n) is 7.08. The Hall–Kier alpha value is -2.34. The van der Waals surface area contributed by atoms with Gasteiger partial charge in [-0.3, -0.25) is 9.69 Å². The molecule has 1 amide bonds. The Morgan fingerprint density at radius 1 is 1.35 bits per heavy atom. The second kappa shape index (κ2) is 7.91. The van der Waals surface area contributed by atoms with Crippen LogP contribution in [-0.4, -0.2) is 41.5 Å². The van der Waals surface area contributed by atoms with Crippen molar-refractivity contribution in [3.05, 3.63) is 35.7 Å². The van der Waals surface area contributed by atoms with E-state index < -0.39 is 0 Å². The number of benzene rings is 1. The fourth-order valence-corrected chi connectivity index (χ4v) is 3.18. The SMILES string of the molecule is COc1ccc(-c2nc(CN(CC3CCC(=O)N3)C(C)C)c(C)o2)cc1. The van der Waals surface area contributed by atoms with Crippen molar-refractivity contribution in [2.24, 2.45) is 0 Å². The highest BCUT2D eigenvalue weighted by atomic mass is 16.5. The molecule has 0 saturated carbocycles. The van der Waals surface area contributed by atoms with Crippen molar-refractivity contribution in [2.75, 3.05) is 13.7 Å². The zero-order valence-corrected chi connectivity index (χ0v) is 15.9. The van der Waals surface area contributed by atoms with Gasteiger partial charge in [-0.25, -0.2) is 4.98 Å². The monoisotopic (exact) mass is 357 g/mol. The fraction of sp³-hybridized carbons (Fsp3) is 0.500. The highest BCUT2D eigenvalue weighted by molar-refractivity contribution is 5.78. The van der Waals surface area contributed by atoms with Crippen LogP contribution >= 0.6 is 0 Å². The Bertz CT molecular complexity index is 752. The average Bonchev–Trinajstić information content (AvgIpc) is 3.20. The van der Waals surface area contributed by atoms with E-state index in [1.165, 1.54) is 0 Å². The highest BCUT2D eigenvalue weighted by Gasteiger charge is 2.25. The van der Waals surface area contributed by atoms with Crippen molar-refractivity contribution in [1.82, 2.24) is 15.2 Å². The lowest BCUT2D eigenvalue weighted by atomic mass is 10.1. The van der Waals surface area contributed by atoms with Crippen LogP contribution in [0.25, 0.3) is 11.5 Å². The maximum absolute atomic E-state index is 11.5. The number of aryl methyl sites for hydroxylation is 1. The lowest BCUT2D eigenvalue weighted by Crippen LogP contribution is -2.41. The van der Waals surface area contributed by atoms with Crippen LogP contribution in [0.15, 0.2) is 28.7 Å². The molecule has 6 heteroatoms.